The molecule has 0 radical (unpaired) electrons. The quantitative estimate of drug-likeness (QED) is 0.158. The van der Waals surface area contributed by atoms with Crippen LogP contribution in [0, 0.1) is 0 Å². The van der Waals surface area contributed by atoms with Crippen LogP contribution in [0.2, 0.25) is 0 Å². The zero-order valence-electron chi connectivity index (χ0n) is 25.9. The predicted molar refractivity (Wildman–Crippen MR) is 174 cm³/mol. The van der Waals surface area contributed by atoms with Crippen molar-refractivity contribution in [2.45, 2.75) is 50.3 Å². The molecule has 0 aromatic heterocycles. The van der Waals surface area contributed by atoms with Gasteiger partial charge in [-0.1, -0.05) is 84.9 Å². The predicted octanol–water partition coefficient (Wildman–Crippen LogP) is 3.00. The lowest BCUT2D eigenvalue weighted by molar-refractivity contribution is -0.0769. The number of hydrogen-bond acceptors (Lipinski definition) is 9. The van der Waals surface area contributed by atoms with Gasteiger partial charge >= 0.3 is 0 Å². The molecule has 5 atom stereocenters. The minimum Gasteiger partial charge on any atom is -0.492 e. The molecule has 5 rings (SSSR count). The van der Waals surface area contributed by atoms with E-state index in [2.05, 4.69) is 0 Å². The molecular formula is C35H40N2O9S. The molecule has 4 aromatic rings. The highest BCUT2D eigenvalue weighted by molar-refractivity contribution is 7.86. The minimum absolute atomic E-state index is 0.150. The Hall–Kier alpha value is -3.85. The highest BCUT2D eigenvalue weighted by Crippen LogP contribution is 2.32. The van der Waals surface area contributed by atoms with Gasteiger partial charge in [-0.05, 0) is 41.0 Å². The average Bonchev–Trinajstić information content (AvgIpc) is 3.15. The Morgan fingerprint density at radius 1 is 0.660 bits per heavy atom. The molecule has 1 aliphatic heterocycles. The van der Waals surface area contributed by atoms with Crippen molar-refractivity contribution in [2.75, 3.05) is 20.3 Å². The van der Waals surface area contributed by atoms with Gasteiger partial charge in [0.2, 0.25) is 0 Å². The topological polar surface area (TPSA) is 149 Å². The number of methoxy groups -OCH3 is 1. The Kier molecular flexibility index (Phi) is 11.6. The smallest absolute Gasteiger partial charge is 0.283 e. The number of hydrogen-bond donors (Lipinski definition) is 4. The zero-order valence-corrected chi connectivity index (χ0v) is 26.8. The van der Waals surface area contributed by atoms with E-state index in [1.807, 2.05) is 12.1 Å². The maximum absolute atomic E-state index is 14.8. The summed E-state index contributed by atoms with van der Waals surface area (Å²) in [5, 5.41) is 43.1. The summed E-state index contributed by atoms with van der Waals surface area (Å²) in [5.41, 5.74) is 2.32. The molecule has 47 heavy (non-hydrogen) atoms. The molecule has 1 unspecified atom stereocenters. The fraction of sp³-hybridized carbons (Fsp3) is 0.314. The first kappa shape index (κ1) is 34.5. The monoisotopic (exact) mass is 664 g/mol. The number of para-hydroxylation sites is 2. The highest BCUT2D eigenvalue weighted by atomic mass is 32.2. The Morgan fingerprint density at radius 2 is 1.06 bits per heavy atom. The van der Waals surface area contributed by atoms with Crippen LogP contribution in [-0.4, -0.2) is 82.1 Å². The van der Waals surface area contributed by atoms with E-state index in [-0.39, 0.29) is 32.9 Å². The first-order chi connectivity index (χ1) is 22.7. The maximum atomic E-state index is 14.8. The van der Waals surface area contributed by atoms with Gasteiger partial charge in [-0.15, -0.1) is 0 Å². The molecule has 12 heteroatoms. The third-order valence-electron chi connectivity index (χ3n) is 8.17. The van der Waals surface area contributed by atoms with Gasteiger partial charge in [0.1, 0.15) is 36.9 Å². The first-order valence-electron chi connectivity index (χ1n) is 15.2. The minimum atomic E-state index is -4.45. The number of nitrogens with zero attached hydrogens (tertiary/aromatic N) is 2. The van der Waals surface area contributed by atoms with Crippen molar-refractivity contribution < 1.29 is 43.1 Å². The fourth-order valence-corrected chi connectivity index (χ4v) is 7.41. The molecule has 1 heterocycles. The molecule has 250 valence electrons. The largest absolute Gasteiger partial charge is 0.492 e. The lowest BCUT2D eigenvalue weighted by atomic mass is 9.99. The SMILES string of the molecule is COC(O)c1ccc(CN2[C@H](COc3ccccc3)[C@H](O)[C@@H](O)[C@@H](COc3ccccc3)N(Cc3ccc(CO)cc3)S2(=O)=O)cc1. The standard InChI is InChI=1S/C35H40N2O9S/c1-44-35(41)28-18-16-26(17-19-28)21-37-32(24-46-30-10-6-3-7-11-30)34(40)33(39)31(23-45-29-8-4-2-5-9-29)36(47(37,42)43)20-25-12-14-27(22-38)15-13-25/h2-19,31-35,38-41H,20-24H2,1H3/t31-,32-,33+,34+,35?/m1/s1. The summed E-state index contributed by atoms with van der Waals surface area (Å²) < 4.78 is 48.9. The van der Waals surface area contributed by atoms with Crippen LogP contribution < -0.4 is 9.47 Å². The normalized spacial score (nSPS) is 22.3. The van der Waals surface area contributed by atoms with Crippen molar-refractivity contribution in [3.05, 3.63) is 131 Å². The number of ether oxygens (including phenoxy) is 3. The molecule has 0 bridgehead atoms. The Bertz CT molecular complexity index is 1640. The van der Waals surface area contributed by atoms with E-state index in [9.17, 15) is 28.8 Å². The second-order valence-corrected chi connectivity index (χ2v) is 13.1. The number of aliphatic hydroxyl groups is 4. The van der Waals surface area contributed by atoms with E-state index in [0.717, 1.165) is 8.61 Å². The van der Waals surface area contributed by atoms with Crippen LogP contribution in [0.1, 0.15) is 28.5 Å². The van der Waals surface area contributed by atoms with E-state index in [1.165, 1.54) is 7.11 Å². The summed E-state index contributed by atoms with van der Waals surface area (Å²) in [6.45, 7) is -1.00. The van der Waals surface area contributed by atoms with E-state index in [0.29, 0.717) is 33.8 Å². The average molecular weight is 665 g/mol. The second-order valence-electron chi connectivity index (χ2n) is 11.3. The van der Waals surface area contributed by atoms with Crippen molar-refractivity contribution in [3.8, 4) is 11.5 Å². The van der Waals surface area contributed by atoms with Crippen LogP contribution in [0.5, 0.6) is 11.5 Å². The lowest BCUT2D eigenvalue weighted by Crippen LogP contribution is -2.52. The van der Waals surface area contributed by atoms with Gasteiger partial charge in [0, 0.05) is 25.8 Å². The van der Waals surface area contributed by atoms with Gasteiger partial charge in [0.15, 0.2) is 6.29 Å². The van der Waals surface area contributed by atoms with Crippen molar-refractivity contribution in [1.29, 1.82) is 0 Å². The molecule has 4 aromatic carbocycles. The molecule has 0 saturated carbocycles. The van der Waals surface area contributed by atoms with Crippen LogP contribution in [0.15, 0.2) is 109 Å². The van der Waals surface area contributed by atoms with Crippen LogP contribution in [-0.2, 0) is 34.6 Å². The third-order valence-corrected chi connectivity index (χ3v) is 10.2. The van der Waals surface area contributed by atoms with E-state index in [4.69, 9.17) is 14.2 Å². The Morgan fingerprint density at radius 3 is 1.47 bits per heavy atom. The van der Waals surface area contributed by atoms with Crippen molar-refractivity contribution in [3.63, 3.8) is 0 Å². The molecular weight excluding hydrogens is 624 g/mol. The molecule has 4 N–H and O–H groups in total. The Labute approximate surface area is 275 Å². The van der Waals surface area contributed by atoms with Gasteiger partial charge in [-0.25, -0.2) is 0 Å². The molecule has 1 saturated heterocycles. The van der Waals surface area contributed by atoms with E-state index >= 15 is 0 Å². The number of benzene rings is 4. The molecule has 1 fully saturated rings. The Balaban J connectivity index is 1.56. The molecule has 0 amide bonds. The summed E-state index contributed by atoms with van der Waals surface area (Å²) >= 11 is 0. The van der Waals surface area contributed by atoms with E-state index in [1.54, 1.807) is 97.1 Å². The number of aliphatic hydroxyl groups excluding tert-OH is 4. The molecule has 1 aliphatic rings. The van der Waals surface area contributed by atoms with Crippen LogP contribution in [0.25, 0.3) is 0 Å². The van der Waals surface area contributed by atoms with Crippen LogP contribution in [0.4, 0.5) is 0 Å². The molecule has 0 aliphatic carbocycles. The highest BCUT2D eigenvalue weighted by Gasteiger charge is 2.51. The van der Waals surface area contributed by atoms with Crippen LogP contribution >= 0.6 is 0 Å². The summed E-state index contributed by atoms with van der Waals surface area (Å²) in [6.07, 6.45) is -4.29. The van der Waals surface area contributed by atoms with E-state index < -0.39 is 40.8 Å². The fourth-order valence-electron chi connectivity index (χ4n) is 5.46. The zero-order chi connectivity index (χ0) is 33.4. The lowest BCUT2D eigenvalue weighted by Gasteiger charge is -2.34. The van der Waals surface area contributed by atoms with Crippen molar-refractivity contribution in [2.24, 2.45) is 0 Å². The first-order valence-corrected chi connectivity index (χ1v) is 16.6. The van der Waals surface area contributed by atoms with Gasteiger partial charge in [-0.2, -0.15) is 17.0 Å². The summed E-state index contributed by atoms with van der Waals surface area (Å²) in [5.74, 6) is 0.945. The van der Waals surface area contributed by atoms with Crippen molar-refractivity contribution >= 4 is 10.2 Å². The number of rotatable bonds is 13. The van der Waals surface area contributed by atoms with Gasteiger partial charge < -0.3 is 34.6 Å². The third kappa shape index (κ3) is 8.36. The maximum Gasteiger partial charge on any atom is 0.283 e. The second kappa shape index (κ2) is 15.8. The molecule has 11 nitrogen and oxygen atoms in total. The van der Waals surface area contributed by atoms with Crippen LogP contribution in [0.3, 0.4) is 0 Å². The van der Waals surface area contributed by atoms with Gasteiger partial charge in [-0.3, -0.25) is 0 Å². The van der Waals surface area contributed by atoms with Gasteiger partial charge in [0.05, 0.1) is 18.7 Å². The summed E-state index contributed by atoms with van der Waals surface area (Å²) in [4.78, 5) is 0. The molecule has 0 spiro atoms. The van der Waals surface area contributed by atoms with Crippen molar-refractivity contribution in [1.82, 2.24) is 8.61 Å². The summed E-state index contributed by atoms with van der Waals surface area (Å²) in [7, 11) is -3.08. The summed E-state index contributed by atoms with van der Waals surface area (Å²) in [6, 6.07) is 28.7. The van der Waals surface area contributed by atoms with Gasteiger partial charge in [0.25, 0.3) is 10.2 Å².